The van der Waals surface area contributed by atoms with E-state index in [1.54, 1.807) is 16.7 Å². The Bertz CT molecular complexity index is 788. The molecule has 0 spiro atoms. The maximum Gasteiger partial charge on any atom is 0.238 e. The average molecular weight is 445 g/mol. The molecule has 2 amide bonds. The lowest BCUT2D eigenvalue weighted by atomic mass is 10.2. The summed E-state index contributed by atoms with van der Waals surface area (Å²) in [7, 11) is 2.12. The third-order valence-electron chi connectivity index (χ3n) is 5.75. The molecule has 0 radical (unpaired) electrons. The molecular formula is C22H32N6O2S. The minimum atomic E-state index is -0.188. The first-order valence-electron chi connectivity index (χ1n) is 10.9. The highest BCUT2D eigenvalue weighted by molar-refractivity contribution is 8.01. The summed E-state index contributed by atoms with van der Waals surface area (Å²) in [6.07, 6.45) is 0.840. The lowest BCUT2D eigenvalue weighted by molar-refractivity contribution is -0.129. The summed E-state index contributed by atoms with van der Waals surface area (Å²) in [6.45, 7) is 7.99. The third kappa shape index (κ3) is 6.60. The van der Waals surface area contributed by atoms with Crippen LogP contribution < -0.4 is 10.6 Å². The first kappa shape index (κ1) is 23.4. The lowest BCUT2D eigenvalue weighted by Crippen LogP contribution is -2.45. The second kappa shape index (κ2) is 11.4. The van der Waals surface area contributed by atoms with Gasteiger partial charge in [0, 0.05) is 63.6 Å². The molecule has 1 aromatic carbocycles. The van der Waals surface area contributed by atoms with Crippen LogP contribution >= 0.6 is 11.8 Å². The van der Waals surface area contributed by atoms with Gasteiger partial charge < -0.3 is 25.3 Å². The van der Waals surface area contributed by atoms with Gasteiger partial charge >= 0.3 is 0 Å². The van der Waals surface area contributed by atoms with E-state index in [4.69, 9.17) is 5.26 Å². The predicted molar refractivity (Wildman–Crippen MR) is 125 cm³/mol. The van der Waals surface area contributed by atoms with Crippen LogP contribution in [0.1, 0.15) is 19.8 Å². The molecule has 0 saturated carbocycles. The summed E-state index contributed by atoms with van der Waals surface area (Å²) in [5.41, 5.74) is 1.67. The lowest BCUT2D eigenvalue weighted by Gasteiger charge is -2.32. The topological polar surface area (TPSA) is 91.7 Å². The van der Waals surface area contributed by atoms with Crippen molar-refractivity contribution in [1.29, 1.82) is 5.26 Å². The van der Waals surface area contributed by atoms with Crippen LogP contribution in [0.3, 0.4) is 0 Å². The Kier molecular flexibility index (Phi) is 8.58. The van der Waals surface area contributed by atoms with Crippen LogP contribution in [0, 0.1) is 11.3 Å². The van der Waals surface area contributed by atoms with E-state index in [0.717, 1.165) is 44.1 Å². The van der Waals surface area contributed by atoms with E-state index in [-0.39, 0.29) is 22.4 Å². The van der Waals surface area contributed by atoms with Crippen LogP contribution in [0.5, 0.6) is 0 Å². The summed E-state index contributed by atoms with van der Waals surface area (Å²) in [4.78, 5) is 31.2. The van der Waals surface area contributed by atoms with Crippen molar-refractivity contribution in [2.45, 2.75) is 30.4 Å². The molecule has 2 N–H and O–H groups in total. The molecule has 168 valence electrons. The zero-order valence-electron chi connectivity index (χ0n) is 18.3. The Morgan fingerprint density at radius 1 is 1.19 bits per heavy atom. The van der Waals surface area contributed by atoms with Gasteiger partial charge in [-0.2, -0.15) is 5.26 Å². The number of anilines is 2. The van der Waals surface area contributed by atoms with Crippen molar-refractivity contribution in [3.8, 4) is 6.07 Å². The van der Waals surface area contributed by atoms with Crippen molar-refractivity contribution in [3.05, 3.63) is 24.3 Å². The summed E-state index contributed by atoms with van der Waals surface area (Å²) < 4.78 is 0. The van der Waals surface area contributed by atoms with Gasteiger partial charge in [-0.1, -0.05) is 0 Å². The molecule has 2 aliphatic heterocycles. The maximum absolute atomic E-state index is 12.5. The van der Waals surface area contributed by atoms with E-state index in [0.29, 0.717) is 25.9 Å². The van der Waals surface area contributed by atoms with Crippen molar-refractivity contribution < 1.29 is 9.59 Å². The largest absolute Gasteiger partial charge is 0.383 e. The van der Waals surface area contributed by atoms with Gasteiger partial charge in [0.15, 0.2) is 0 Å². The van der Waals surface area contributed by atoms with Crippen molar-refractivity contribution in [2.75, 3.05) is 63.5 Å². The fourth-order valence-corrected chi connectivity index (χ4v) is 5.20. The van der Waals surface area contributed by atoms with Gasteiger partial charge in [0.1, 0.15) is 5.25 Å². The minimum absolute atomic E-state index is 0.0239. The SMILES string of the molecule is CCN1C(=O)C(CNc2ccc(NC(=O)CCN3CCN(C)CC3)cc2)SC1CC#N. The van der Waals surface area contributed by atoms with E-state index in [2.05, 4.69) is 33.6 Å². The van der Waals surface area contributed by atoms with Crippen molar-refractivity contribution in [1.82, 2.24) is 14.7 Å². The second-order valence-corrected chi connectivity index (χ2v) is 9.35. The van der Waals surface area contributed by atoms with Gasteiger partial charge in [0.2, 0.25) is 11.8 Å². The van der Waals surface area contributed by atoms with Gasteiger partial charge in [0.05, 0.1) is 17.9 Å². The fraction of sp³-hybridized carbons (Fsp3) is 0.591. The zero-order chi connectivity index (χ0) is 22.2. The van der Waals surface area contributed by atoms with Crippen LogP contribution in [-0.2, 0) is 9.59 Å². The first-order chi connectivity index (χ1) is 15.0. The van der Waals surface area contributed by atoms with E-state index in [1.165, 1.54) is 0 Å². The van der Waals surface area contributed by atoms with Gasteiger partial charge in [-0.05, 0) is 38.2 Å². The minimum Gasteiger partial charge on any atom is -0.383 e. The van der Waals surface area contributed by atoms with Crippen LogP contribution in [0.2, 0.25) is 0 Å². The smallest absolute Gasteiger partial charge is 0.238 e. The van der Waals surface area contributed by atoms with Gasteiger partial charge in [-0.3, -0.25) is 9.59 Å². The summed E-state index contributed by atoms with van der Waals surface area (Å²) in [5.74, 6) is 0.111. The number of nitriles is 1. The number of rotatable bonds is 9. The Balaban J connectivity index is 1.41. The fourth-order valence-electron chi connectivity index (χ4n) is 3.82. The Hall–Kier alpha value is -2.28. The predicted octanol–water partition coefficient (Wildman–Crippen LogP) is 1.88. The molecule has 2 heterocycles. The van der Waals surface area contributed by atoms with E-state index in [9.17, 15) is 9.59 Å². The number of benzene rings is 1. The van der Waals surface area contributed by atoms with Gasteiger partial charge in [-0.25, -0.2) is 0 Å². The quantitative estimate of drug-likeness (QED) is 0.601. The second-order valence-electron chi connectivity index (χ2n) is 7.97. The Morgan fingerprint density at radius 2 is 1.87 bits per heavy atom. The summed E-state index contributed by atoms with van der Waals surface area (Å²) >= 11 is 1.55. The van der Waals surface area contributed by atoms with Crippen molar-refractivity contribution in [2.24, 2.45) is 0 Å². The van der Waals surface area contributed by atoms with E-state index >= 15 is 0 Å². The van der Waals surface area contributed by atoms with Crippen LogP contribution in [-0.4, -0.2) is 90.0 Å². The molecule has 2 unspecified atom stereocenters. The number of piperazine rings is 1. The van der Waals surface area contributed by atoms with Gasteiger partial charge in [0.25, 0.3) is 0 Å². The number of carbonyl (C=O) groups excluding carboxylic acids is 2. The van der Waals surface area contributed by atoms with Crippen LogP contribution in [0.25, 0.3) is 0 Å². The highest BCUT2D eigenvalue weighted by atomic mass is 32.2. The number of hydrogen-bond donors (Lipinski definition) is 2. The molecule has 3 rings (SSSR count). The molecular weight excluding hydrogens is 412 g/mol. The molecule has 0 aliphatic carbocycles. The Labute approximate surface area is 188 Å². The monoisotopic (exact) mass is 444 g/mol. The molecule has 8 nitrogen and oxygen atoms in total. The summed E-state index contributed by atoms with van der Waals surface area (Å²) in [5, 5.41) is 15.0. The molecule has 0 aromatic heterocycles. The normalized spacial score (nSPS) is 22.4. The average Bonchev–Trinajstić information content (AvgIpc) is 3.07. The first-order valence-corrected chi connectivity index (χ1v) is 11.8. The van der Waals surface area contributed by atoms with Crippen LogP contribution in [0.4, 0.5) is 11.4 Å². The zero-order valence-corrected chi connectivity index (χ0v) is 19.2. The highest BCUT2D eigenvalue weighted by Crippen LogP contribution is 2.33. The maximum atomic E-state index is 12.5. The van der Waals surface area contributed by atoms with Crippen molar-refractivity contribution in [3.63, 3.8) is 0 Å². The number of carbonyl (C=O) groups is 2. The molecule has 0 bridgehead atoms. The summed E-state index contributed by atoms with van der Waals surface area (Å²) in [6, 6.07) is 9.72. The standard InChI is InChI=1S/C22H32N6O2S/c1-3-28-21(8-10-23)31-19(22(28)30)16-24-17-4-6-18(7-5-17)25-20(29)9-11-27-14-12-26(2)13-15-27/h4-7,19,21,24H,3,8-9,11-16H2,1-2H3,(H,25,29). The number of likely N-dealkylation sites (N-methyl/N-ethyl adjacent to an activating group) is 1. The molecule has 9 heteroatoms. The number of nitrogens with one attached hydrogen (secondary N) is 2. The third-order valence-corrected chi connectivity index (χ3v) is 7.18. The molecule has 2 fully saturated rings. The Morgan fingerprint density at radius 3 is 2.52 bits per heavy atom. The van der Waals surface area contributed by atoms with Crippen LogP contribution in [0.15, 0.2) is 24.3 Å². The van der Waals surface area contributed by atoms with E-state index < -0.39 is 0 Å². The van der Waals surface area contributed by atoms with Crippen molar-refractivity contribution >= 4 is 35.0 Å². The highest BCUT2D eigenvalue weighted by Gasteiger charge is 2.38. The number of hydrogen-bond acceptors (Lipinski definition) is 7. The molecule has 31 heavy (non-hydrogen) atoms. The molecule has 2 saturated heterocycles. The number of thioether (sulfide) groups is 1. The van der Waals surface area contributed by atoms with Gasteiger partial charge in [-0.15, -0.1) is 11.8 Å². The molecule has 2 atom stereocenters. The molecule has 1 aromatic rings. The molecule has 2 aliphatic rings. The number of amides is 2. The van der Waals surface area contributed by atoms with E-state index in [1.807, 2.05) is 31.2 Å². The number of nitrogens with zero attached hydrogens (tertiary/aromatic N) is 4.